The highest BCUT2D eigenvalue weighted by Gasteiger charge is 2.27. The molecule has 0 atom stereocenters. The number of nitrogens with one attached hydrogen (secondary N) is 2. The fourth-order valence-electron chi connectivity index (χ4n) is 3.55. The number of nitrogens with zero attached hydrogens (tertiary/aromatic N) is 4. The number of hydrogen-bond donors (Lipinski definition) is 4. The number of piperidine rings is 1. The highest BCUT2D eigenvalue weighted by atomic mass is 15.2. The van der Waals surface area contributed by atoms with Crippen LogP contribution in [0.5, 0.6) is 0 Å². The molecule has 0 amide bonds. The summed E-state index contributed by atoms with van der Waals surface area (Å²) in [6, 6.07) is 1.84. The highest BCUT2D eigenvalue weighted by Crippen LogP contribution is 2.27. The lowest BCUT2D eigenvalue weighted by atomic mass is 9.91. The molecular formula is C18H24N8. The van der Waals surface area contributed by atoms with E-state index < -0.39 is 0 Å². The van der Waals surface area contributed by atoms with Crippen molar-refractivity contribution >= 4 is 23.2 Å². The average Bonchev–Trinajstić information content (AvgIpc) is 3.10. The highest BCUT2D eigenvalue weighted by molar-refractivity contribution is 6.13. The van der Waals surface area contributed by atoms with Crippen LogP contribution in [0.15, 0.2) is 18.5 Å². The Morgan fingerprint density at radius 1 is 1.31 bits per heavy atom. The summed E-state index contributed by atoms with van der Waals surface area (Å²) in [6.07, 6.45) is 6.07. The average molecular weight is 352 g/mol. The second kappa shape index (κ2) is 6.21. The normalized spacial score (nSPS) is 18.3. The van der Waals surface area contributed by atoms with Crippen molar-refractivity contribution in [3.8, 4) is 0 Å². The summed E-state index contributed by atoms with van der Waals surface area (Å²) in [6.45, 7) is 4.58. The van der Waals surface area contributed by atoms with Gasteiger partial charge in [-0.15, -0.1) is 0 Å². The lowest BCUT2D eigenvalue weighted by molar-refractivity contribution is 0.363. The van der Waals surface area contributed by atoms with Crippen molar-refractivity contribution in [3.63, 3.8) is 0 Å². The van der Waals surface area contributed by atoms with Gasteiger partial charge < -0.3 is 21.7 Å². The van der Waals surface area contributed by atoms with Crippen molar-refractivity contribution in [2.45, 2.75) is 31.7 Å². The number of fused-ring (bicyclic) bond motifs is 1. The molecule has 2 aromatic rings. The van der Waals surface area contributed by atoms with E-state index in [1.165, 1.54) is 0 Å². The van der Waals surface area contributed by atoms with Crippen molar-refractivity contribution in [2.75, 3.05) is 35.6 Å². The molecule has 8 nitrogen and oxygen atoms in total. The molecule has 0 unspecified atom stereocenters. The third-order valence-corrected chi connectivity index (χ3v) is 5.25. The predicted molar refractivity (Wildman–Crippen MR) is 103 cm³/mol. The number of pyridine rings is 1. The summed E-state index contributed by atoms with van der Waals surface area (Å²) in [4.78, 5) is 15.4. The standard InChI is InChI=1S/C18H24N8/c1-18(21)4-8-26(9-5-18)13-10-24-15(16(20)25-13)14(19)11-2-6-22-17-12(11)3-7-23-17/h2,6,10,19H,3-5,7-9,21H2,1H3,(H2,20,25)(H,22,23). The number of aromatic nitrogens is 3. The minimum atomic E-state index is -0.118. The van der Waals surface area contributed by atoms with Gasteiger partial charge >= 0.3 is 0 Å². The first kappa shape index (κ1) is 16.7. The molecule has 6 N–H and O–H groups in total. The molecule has 0 aromatic carbocycles. The van der Waals surface area contributed by atoms with Crippen LogP contribution in [0.1, 0.15) is 36.6 Å². The Labute approximate surface area is 152 Å². The second-order valence-electron chi connectivity index (χ2n) is 7.34. The van der Waals surface area contributed by atoms with Crippen LogP contribution in [0.25, 0.3) is 0 Å². The molecule has 0 aliphatic carbocycles. The smallest absolute Gasteiger partial charge is 0.154 e. The summed E-state index contributed by atoms with van der Waals surface area (Å²) >= 11 is 0. The Balaban J connectivity index is 1.59. The van der Waals surface area contributed by atoms with Gasteiger partial charge in [0.15, 0.2) is 5.82 Å². The fraction of sp³-hybridized carbons (Fsp3) is 0.444. The van der Waals surface area contributed by atoms with Gasteiger partial charge in [-0.1, -0.05) is 0 Å². The maximum absolute atomic E-state index is 8.58. The van der Waals surface area contributed by atoms with Crippen molar-refractivity contribution < 1.29 is 0 Å². The van der Waals surface area contributed by atoms with E-state index in [9.17, 15) is 0 Å². The Morgan fingerprint density at radius 3 is 2.81 bits per heavy atom. The van der Waals surface area contributed by atoms with Crippen molar-refractivity contribution in [3.05, 3.63) is 35.3 Å². The van der Waals surface area contributed by atoms with E-state index in [4.69, 9.17) is 16.9 Å². The summed E-state index contributed by atoms with van der Waals surface area (Å²) in [5.41, 5.74) is 14.8. The van der Waals surface area contributed by atoms with E-state index in [2.05, 4.69) is 32.1 Å². The van der Waals surface area contributed by atoms with Crippen molar-refractivity contribution in [2.24, 2.45) is 5.73 Å². The third-order valence-electron chi connectivity index (χ3n) is 5.25. The fourth-order valence-corrected chi connectivity index (χ4v) is 3.55. The van der Waals surface area contributed by atoms with Gasteiger partial charge in [0.05, 0.1) is 11.9 Å². The lowest BCUT2D eigenvalue weighted by Crippen LogP contribution is -2.48. The van der Waals surface area contributed by atoms with Crippen LogP contribution in [-0.2, 0) is 6.42 Å². The molecule has 0 saturated carbocycles. The van der Waals surface area contributed by atoms with Gasteiger partial charge in [0.25, 0.3) is 0 Å². The van der Waals surface area contributed by atoms with E-state index in [-0.39, 0.29) is 17.1 Å². The van der Waals surface area contributed by atoms with E-state index in [0.717, 1.165) is 61.7 Å². The molecule has 0 spiro atoms. The van der Waals surface area contributed by atoms with E-state index in [1.807, 2.05) is 6.07 Å². The first-order chi connectivity index (χ1) is 12.4. The van der Waals surface area contributed by atoms with Crippen LogP contribution in [0.2, 0.25) is 0 Å². The predicted octanol–water partition coefficient (Wildman–Crippen LogP) is 1.16. The molecule has 1 saturated heterocycles. The Bertz CT molecular complexity index is 850. The second-order valence-corrected chi connectivity index (χ2v) is 7.34. The quantitative estimate of drug-likeness (QED) is 0.610. The molecule has 2 aromatic heterocycles. The molecule has 26 heavy (non-hydrogen) atoms. The minimum absolute atomic E-state index is 0.118. The maximum Gasteiger partial charge on any atom is 0.154 e. The zero-order valence-corrected chi connectivity index (χ0v) is 14.9. The van der Waals surface area contributed by atoms with Gasteiger partial charge in [-0.2, -0.15) is 0 Å². The van der Waals surface area contributed by atoms with Crippen LogP contribution >= 0.6 is 0 Å². The zero-order chi connectivity index (χ0) is 18.3. The largest absolute Gasteiger partial charge is 0.382 e. The molecule has 1 fully saturated rings. The summed E-state index contributed by atoms with van der Waals surface area (Å²) in [5.74, 6) is 1.87. The first-order valence-electron chi connectivity index (χ1n) is 8.92. The van der Waals surface area contributed by atoms with Gasteiger partial charge in [-0.25, -0.2) is 15.0 Å². The number of hydrogen-bond acceptors (Lipinski definition) is 8. The van der Waals surface area contributed by atoms with Gasteiger partial charge in [0.1, 0.15) is 17.3 Å². The molecular weight excluding hydrogens is 328 g/mol. The van der Waals surface area contributed by atoms with Crippen LogP contribution in [0.3, 0.4) is 0 Å². The Morgan fingerprint density at radius 2 is 2.08 bits per heavy atom. The molecule has 136 valence electrons. The van der Waals surface area contributed by atoms with Gasteiger partial charge in [-0.05, 0) is 32.3 Å². The summed E-state index contributed by atoms with van der Waals surface area (Å²) < 4.78 is 0. The van der Waals surface area contributed by atoms with Crippen molar-refractivity contribution in [1.82, 2.24) is 15.0 Å². The molecule has 2 aliphatic heterocycles. The summed E-state index contributed by atoms with van der Waals surface area (Å²) in [5, 5.41) is 11.8. The molecule has 4 rings (SSSR count). The van der Waals surface area contributed by atoms with Gasteiger partial charge in [-0.3, -0.25) is 5.41 Å². The zero-order valence-electron chi connectivity index (χ0n) is 14.9. The van der Waals surface area contributed by atoms with Crippen LogP contribution < -0.4 is 21.7 Å². The Kier molecular flexibility index (Phi) is 3.99. The van der Waals surface area contributed by atoms with E-state index in [1.54, 1.807) is 12.4 Å². The van der Waals surface area contributed by atoms with E-state index in [0.29, 0.717) is 5.69 Å². The lowest BCUT2D eigenvalue weighted by Gasteiger charge is -2.37. The van der Waals surface area contributed by atoms with Crippen molar-refractivity contribution in [1.29, 1.82) is 5.41 Å². The molecule has 0 radical (unpaired) electrons. The summed E-state index contributed by atoms with van der Waals surface area (Å²) in [7, 11) is 0. The maximum atomic E-state index is 8.58. The minimum Gasteiger partial charge on any atom is -0.382 e. The van der Waals surface area contributed by atoms with Gasteiger partial charge in [0, 0.05) is 42.5 Å². The topological polar surface area (TPSA) is 130 Å². The Hall–Kier alpha value is -2.74. The molecule has 0 bridgehead atoms. The molecule has 2 aliphatic rings. The van der Waals surface area contributed by atoms with Gasteiger partial charge in [0.2, 0.25) is 0 Å². The van der Waals surface area contributed by atoms with Crippen LogP contribution in [-0.4, -0.2) is 45.8 Å². The third kappa shape index (κ3) is 2.96. The molecule has 8 heteroatoms. The monoisotopic (exact) mass is 352 g/mol. The van der Waals surface area contributed by atoms with E-state index >= 15 is 0 Å². The van der Waals surface area contributed by atoms with Crippen LogP contribution in [0, 0.1) is 5.41 Å². The van der Waals surface area contributed by atoms with Crippen LogP contribution in [0.4, 0.5) is 17.5 Å². The number of anilines is 3. The molecule has 4 heterocycles. The first-order valence-corrected chi connectivity index (χ1v) is 8.92. The number of nitrogens with two attached hydrogens (primary N) is 2. The number of nitrogen functional groups attached to an aromatic ring is 1. The number of rotatable bonds is 3. The SMILES string of the molecule is CC1(N)CCN(c2cnc(C(=N)c3ccnc4c3CCN4)c(N)n2)CC1.